The summed E-state index contributed by atoms with van der Waals surface area (Å²) in [4.78, 5) is 22.9. The zero-order valence-electron chi connectivity index (χ0n) is 14.2. The van der Waals surface area contributed by atoms with Crippen LogP contribution in [0.3, 0.4) is 0 Å². The second-order valence-corrected chi connectivity index (χ2v) is 5.81. The van der Waals surface area contributed by atoms with Gasteiger partial charge in [0.25, 0.3) is 0 Å². The molecule has 0 fully saturated rings. The zero-order chi connectivity index (χ0) is 17.5. The van der Waals surface area contributed by atoms with Crippen LogP contribution < -0.4 is 16.4 Å². The Morgan fingerprint density at radius 1 is 1.08 bits per heavy atom. The van der Waals surface area contributed by atoms with Gasteiger partial charge in [0.15, 0.2) is 5.96 Å². The molecular weight excluding hydrogens is 319 g/mol. The topological polar surface area (TPSA) is 128 Å². The van der Waals surface area contributed by atoms with Crippen LogP contribution in [0.1, 0.15) is 71.1 Å². The monoisotopic (exact) mass is 352 g/mol. The molecule has 0 rings (SSSR count). The number of carboxylic acid groups (broad SMARTS) is 1. The van der Waals surface area contributed by atoms with Crippen molar-refractivity contribution < 1.29 is 14.7 Å². The molecule has 136 valence electrons. The molecule has 0 aromatic rings. The number of carboxylic acids is 1. The van der Waals surface area contributed by atoms with E-state index in [0.29, 0.717) is 25.8 Å². The summed E-state index contributed by atoms with van der Waals surface area (Å²) in [6.45, 7) is 2.60. The Kier molecular flexibility index (Phi) is 18.1. The summed E-state index contributed by atoms with van der Waals surface area (Å²) in [5, 5.41) is 21.3. The van der Waals surface area contributed by atoms with Crippen molar-refractivity contribution in [2.75, 3.05) is 6.54 Å². The number of guanidine groups is 1. The number of nitrogens with one attached hydrogen (secondary N) is 3. The first kappa shape index (κ1) is 25.5. The standard InChI is InChI=1S/C16H32N4O3.Na.H/c1-2-3-4-5-6-7-8-11-14(21)20-13(15(22)23)10-9-12-19-16(17)18;;/h13H,2-12H2,1H3,(H,20,21)(H,22,23)(H4,17,18,19);;/t13-;;/m0../s1. The zero-order valence-corrected chi connectivity index (χ0v) is 14.2. The summed E-state index contributed by atoms with van der Waals surface area (Å²) in [5.41, 5.74) is 5.14. The van der Waals surface area contributed by atoms with E-state index < -0.39 is 12.0 Å². The van der Waals surface area contributed by atoms with Gasteiger partial charge in [-0.05, 0) is 19.3 Å². The van der Waals surface area contributed by atoms with Gasteiger partial charge in [-0.3, -0.25) is 10.2 Å². The second kappa shape index (κ2) is 17.0. The van der Waals surface area contributed by atoms with Gasteiger partial charge < -0.3 is 21.5 Å². The molecule has 0 radical (unpaired) electrons. The fourth-order valence-corrected chi connectivity index (χ4v) is 2.30. The Bertz CT molecular complexity index is 367. The molecule has 0 heterocycles. The molecule has 0 aromatic heterocycles. The second-order valence-electron chi connectivity index (χ2n) is 5.81. The molecule has 24 heavy (non-hydrogen) atoms. The number of carbonyl (C=O) groups excluding carboxylic acids is 1. The van der Waals surface area contributed by atoms with E-state index >= 15 is 0 Å². The fraction of sp³-hybridized carbons (Fsp3) is 0.812. The number of carbonyl (C=O) groups is 2. The van der Waals surface area contributed by atoms with E-state index in [2.05, 4.69) is 17.6 Å². The minimum atomic E-state index is -1.03. The average molecular weight is 352 g/mol. The van der Waals surface area contributed by atoms with Crippen molar-refractivity contribution in [3.8, 4) is 0 Å². The van der Waals surface area contributed by atoms with Gasteiger partial charge in [0, 0.05) is 13.0 Å². The molecule has 7 nitrogen and oxygen atoms in total. The first-order valence-corrected chi connectivity index (χ1v) is 8.57. The Morgan fingerprint density at radius 2 is 1.67 bits per heavy atom. The predicted octanol–water partition coefficient (Wildman–Crippen LogP) is 1.31. The number of rotatable bonds is 14. The average Bonchev–Trinajstić information content (AvgIpc) is 2.49. The van der Waals surface area contributed by atoms with Gasteiger partial charge in [-0.15, -0.1) is 0 Å². The molecule has 0 aliphatic carbocycles. The summed E-state index contributed by atoms with van der Waals surface area (Å²) in [7, 11) is 0. The Balaban J connectivity index is 0. The summed E-state index contributed by atoms with van der Waals surface area (Å²) in [6.07, 6.45) is 9.10. The van der Waals surface area contributed by atoms with Gasteiger partial charge in [0.05, 0.1) is 0 Å². The molecule has 0 aliphatic rings. The predicted molar refractivity (Wildman–Crippen MR) is 98.5 cm³/mol. The van der Waals surface area contributed by atoms with Gasteiger partial charge in [0.1, 0.15) is 6.04 Å². The molecule has 0 unspecified atom stereocenters. The minimum absolute atomic E-state index is 0. The number of amides is 1. The van der Waals surface area contributed by atoms with Crippen molar-refractivity contribution in [1.29, 1.82) is 5.41 Å². The van der Waals surface area contributed by atoms with E-state index in [9.17, 15) is 9.59 Å². The normalized spacial score (nSPS) is 11.2. The molecule has 1 amide bonds. The van der Waals surface area contributed by atoms with Crippen molar-refractivity contribution in [2.24, 2.45) is 5.73 Å². The van der Waals surface area contributed by atoms with Crippen LogP contribution in [-0.4, -0.2) is 65.1 Å². The molecule has 1 atom stereocenters. The van der Waals surface area contributed by atoms with Crippen molar-refractivity contribution >= 4 is 47.4 Å². The van der Waals surface area contributed by atoms with Crippen LogP contribution in [0.4, 0.5) is 0 Å². The molecule has 0 saturated heterocycles. The fourth-order valence-electron chi connectivity index (χ4n) is 2.30. The van der Waals surface area contributed by atoms with Crippen LogP contribution in [0, 0.1) is 5.41 Å². The van der Waals surface area contributed by atoms with Crippen molar-refractivity contribution in [3.63, 3.8) is 0 Å². The molecule has 0 spiro atoms. The van der Waals surface area contributed by atoms with Crippen LogP contribution in [0.15, 0.2) is 0 Å². The Labute approximate surface area is 167 Å². The van der Waals surface area contributed by atoms with Gasteiger partial charge in [-0.1, -0.05) is 45.4 Å². The molecule has 0 bridgehead atoms. The van der Waals surface area contributed by atoms with Crippen LogP contribution in [0.2, 0.25) is 0 Å². The van der Waals surface area contributed by atoms with Crippen LogP contribution in [0.5, 0.6) is 0 Å². The molecule has 0 aromatic carbocycles. The maximum atomic E-state index is 11.8. The van der Waals surface area contributed by atoms with Crippen LogP contribution in [0.25, 0.3) is 0 Å². The summed E-state index contributed by atoms with van der Waals surface area (Å²) < 4.78 is 0. The Morgan fingerprint density at radius 3 is 2.21 bits per heavy atom. The number of hydrogen-bond donors (Lipinski definition) is 5. The van der Waals surface area contributed by atoms with Crippen LogP contribution in [-0.2, 0) is 9.59 Å². The summed E-state index contributed by atoms with van der Waals surface area (Å²) >= 11 is 0. The van der Waals surface area contributed by atoms with E-state index in [1.54, 1.807) is 0 Å². The molecular formula is C16H33N4NaO3. The quantitative estimate of drug-likeness (QED) is 0.139. The van der Waals surface area contributed by atoms with Gasteiger partial charge >= 0.3 is 35.5 Å². The van der Waals surface area contributed by atoms with E-state index in [-0.39, 0.29) is 41.4 Å². The third-order valence-electron chi connectivity index (χ3n) is 3.63. The number of hydrogen-bond acceptors (Lipinski definition) is 3. The SMILES string of the molecule is CCCCCCCCCC(=O)N[C@@H](CCCNC(=N)N)C(=O)O.[NaH]. The third-order valence-corrected chi connectivity index (χ3v) is 3.63. The van der Waals surface area contributed by atoms with Crippen molar-refractivity contribution in [2.45, 2.75) is 77.2 Å². The number of aliphatic carboxylic acids is 1. The van der Waals surface area contributed by atoms with Crippen molar-refractivity contribution in [3.05, 3.63) is 0 Å². The number of nitrogens with two attached hydrogens (primary N) is 1. The van der Waals surface area contributed by atoms with E-state index in [4.69, 9.17) is 16.2 Å². The third kappa shape index (κ3) is 16.1. The molecule has 0 aliphatic heterocycles. The van der Waals surface area contributed by atoms with Gasteiger partial charge in [0.2, 0.25) is 5.91 Å². The molecule has 0 saturated carbocycles. The van der Waals surface area contributed by atoms with Gasteiger partial charge in [-0.2, -0.15) is 0 Å². The molecule has 6 N–H and O–H groups in total. The van der Waals surface area contributed by atoms with E-state index in [1.807, 2.05) is 0 Å². The Hall–Kier alpha value is -0.790. The van der Waals surface area contributed by atoms with E-state index in [0.717, 1.165) is 19.3 Å². The van der Waals surface area contributed by atoms with E-state index in [1.165, 1.54) is 25.7 Å². The van der Waals surface area contributed by atoms with Crippen molar-refractivity contribution in [1.82, 2.24) is 10.6 Å². The molecule has 8 heteroatoms. The number of unbranched alkanes of at least 4 members (excludes halogenated alkanes) is 6. The maximum absolute atomic E-state index is 11.8. The van der Waals surface area contributed by atoms with Gasteiger partial charge in [-0.25, -0.2) is 4.79 Å². The summed E-state index contributed by atoms with van der Waals surface area (Å²) in [5.74, 6) is -1.37. The van der Waals surface area contributed by atoms with Crippen LogP contribution >= 0.6 is 0 Å². The first-order chi connectivity index (χ1) is 11.0. The first-order valence-electron chi connectivity index (χ1n) is 8.57. The summed E-state index contributed by atoms with van der Waals surface area (Å²) in [6, 6.07) is -0.874.